The molecule has 1 aromatic carbocycles. The smallest absolute Gasteiger partial charge is 0.180 e. The summed E-state index contributed by atoms with van der Waals surface area (Å²) in [5, 5.41) is 0.320. The SMILES string of the molecule is Nc1ncc(-c2c(Br)ccc(F)c2F)s1. The van der Waals surface area contributed by atoms with Crippen molar-refractivity contribution in [2.75, 3.05) is 5.73 Å². The number of nitrogens with two attached hydrogens (primary N) is 1. The van der Waals surface area contributed by atoms with Crippen LogP contribution >= 0.6 is 27.3 Å². The van der Waals surface area contributed by atoms with Gasteiger partial charge in [-0.15, -0.1) is 0 Å². The van der Waals surface area contributed by atoms with Crippen LogP contribution in [0.3, 0.4) is 0 Å². The highest BCUT2D eigenvalue weighted by Gasteiger charge is 2.15. The summed E-state index contributed by atoms with van der Waals surface area (Å²) >= 11 is 4.27. The minimum atomic E-state index is -0.895. The average Bonchev–Trinajstić information content (AvgIpc) is 2.59. The maximum Gasteiger partial charge on any atom is 0.180 e. The van der Waals surface area contributed by atoms with Crippen molar-refractivity contribution in [1.82, 2.24) is 4.98 Å². The average molecular weight is 291 g/mol. The van der Waals surface area contributed by atoms with E-state index in [1.165, 1.54) is 12.3 Å². The molecule has 2 N–H and O–H groups in total. The summed E-state index contributed by atoms with van der Waals surface area (Å²) in [5.41, 5.74) is 5.59. The number of thiazole rings is 1. The van der Waals surface area contributed by atoms with Crippen LogP contribution in [0, 0.1) is 11.6 Å². The lowest BCUT2D eigenvalue weighted by atomic mass is 10.2. The van der Waals surface area contributed by atoms with E-state index in [0.717, 1.165) is 17.4 Å². The molecular formula is C9H5BrF2N2S. The van der Waals surface area contributed by atoms with Gasteiger partial charge in [0.15, 0.2) is 16.8 Å². The van der Waals surface area contributed by atoms with Gasteiger partial charge in [0.05, 0.1) is 4.88 Å². The number of rotatable bonds is 1. The zero-order chi connectivity index (χ0) is 11.0. The van der Waals surface area contributed by atoms with Gasteiger partial charge in [0.2, 0.25) is 0 Å². The van der Waals surface area contributed by atoms with Gasteiger partial charge >= 0.3 is 0 Å². The first-order chi connectivity index (χ1) is 7.09. The number of nitrogens with zero attached hydrogens (tertiary/aromatic N) is 1. The van der Waals surface area contributed by atoms with Crippen molar-refractivity contribution in [3.63, 3.8) is 0 Å². The number of anilines is 1. The largest absolute Gasteiger partial charge is 0.375 e. The number of halogens is 3. The number of nitrogen functional groups attached to an aromatic ring is 1. The Bertz CT molecular complexity index is 513. The summed E-state index contributed by atoms with van der Waals surface area (Å²) in [4.78, 5) is 4.29. The molecule has 0 saturated heterocycles. The van der Waals surface area contributed by atoms with E-state index in [1.807, 2.05) is 0 Å². The van der Waals surface area contributed by atoms with Crippen LogP contribution in [0.25, 0.3) is 10.4 Å². The number of hydrogen-bond donors (Lipinski definition) is 1. The van der Waals surface area contributed by atoms with Gasteiger partial charge in [-0.2, -0.15) is 0 Å². The molecule has 0 aliphatic rings. The minimum Gasteiger partial charge on any atom is -0.375 e. The number of hydrogen-bond acceptors (Lipinski definition) is 3. The first-order valence-electron chi connectivity index (χ1n) is 3.95. The van der Waals surface area contributed by atoms with Crippen LogP contribution in [0.4, 0.5) is 13.9 Å². The van der Waals surface area contributed by atoms with Gasteiger partial charge in [-0.25, -0.2) is 13.8 Å². The van der Waals surface area contributed by atoms with Gasteiger partial charge in [0, 0.05) is 16.2 Å². The second-order valence-corrected chi connectivity index (χ2v) is 4.70. The third kappa shape index (κ3) is 1.87. The van der Waals surface area contributed by atoms with Crippen LogP contribution in [-0.4, -0.2) is 4.98 Å². The van der Waals surface area contributed by atoms with Gasteiger partial charge in [0.1, 0.15) is 0 Å². The fourth-order valence-corrected chi connectivity index (χ4v) is 2.54. The Morgan fingerprint density at radius 3 is 2.67 bits per heavy atom. The van der Waals surface area contributed by atoms with E-state index in [-0.39, 0.29) is 5.56 Å². The molecule has 2 aromatic rings. The fourth-order valence-electron chi connectivity index (χ4n) is 1.16. The molecule has 0 radical (unpaired) electrons. The van der Waals surface area contributed by atoms with Crippen LogP contribution in [0.2, 0.25) is 0 Å². The summed E-state index contributed by atoms with van der Waals surface area (Å²) in [6, 6.07) is 2.51. The maximum absolute atomic E-state index is 13.5. The molecule has 78 valence electrons. The van der Waals surface area contributed by atoms with E-state index < -0.39 is 11.6 Å². The molecule has 0 unspecified atom stereocenters. The van der Waals surface area contributed by atoms with Crippen LogP contribution in [0.15, 0.2) is 22.8 Å². The maximum atomic E-state index is 13.5. The molecule has 0 bridgehead atoms. The number of aromatic nitrogens is 1. The second kappa shape index (κ2) is 3.86. The molecule has 0 saturated carbocycles. The minimum absolute atomic E-state index is 0.157. The third-order valence-corrected chi connectivity index (χ3v) is 3.32. The highest BCUT2D eigenvalue weighted by atomic mass is 79.9. The van der Waals surface area contributed by atoms with Crippen molar-refractivity contribution in [2.24, 2.45) is 0 Å². The summed E-state index contributed by atoms with van der Waals surface area (Å²) in [6.07, 6.45) is 1.42. The number of benzene rings is 1. The van der Waals surface area contributed by atoms with E-state index >= 15 is 0 Å². The monoisotopic (exact) mass is 290 g/mol. The van der Waals surface area contributed by atoms with E-state index in [4.69, 9.17) is 5.73 Å². The molecule has 2 nitrogen and oxygen atoms in total. The van der Waals surface area contributed by atoms with Crippen LogP contribution < -0.4 is 5.73 Å². The lowest BCUT2D eigenvalue weighted by Crippen LogP contribution is -1.89. The molecule has 1 heterocycles. The molecular weight excluding hydrogens is 286 g/mol. The van der Waals surface area contributed by atoms with E-state index in [1.54, 1.807) is 0 Å². The normalized spacial score (nSPS) is 10.6. The molecule has 6 heteroatoms. The Kier molecular flexibility index (Phi) is 2.70. The van der Waals surface area contributed by atoms with Gasteiger partial charge in [0.25, 0.3) is 0 Å². The molecule has 0 amide bonds. The summed E-state index contributed by atoms with van der Waals surface area (Å²) in [5.74, 6) is -1.78. The topological polar surface area (TPSA) is 38.9 Å². The fraction of sp³-hybridized carbons (Fsp3) is 0. The highest BCUT2D eigenvalue weighted by Crippen LogP contribution is 2.36. The second-order valence-electron chi connectivity index (χ2n) is 2.78. The van der Waals surface area contributed by atoms with Crippen LogP contribution in [0.5, 0.6) is 0 Å². The third-order valence-electron chi connectivity index (χ3n) is 1.81. The van der Waals surface area contributed by atoms with Crippen molar-refractivity contribution < 1.29 is 8.78 Å². The lowest BCUT2D eigenvalue weighted by molar-refractivity contribution is 0.511. The quantitative estimate of drug-likeness (QED) is 0.817. The van der Waals surface area contributed by atoms with Crippen molar-refractivity contribution in [2.45, 2.75) is 0 Å². The first-order valence-corrected chi connectivity index (χ1v) is 5.55. The molecule has 0 atom stereocenters. The van der Waals surface area contributed by atoms with Crippen LogP contribution in [-0.2, 0) is 0 Å². The zero-order valence-corrected chi connectivity index (χ0v) is 9.70. The summed E-state index contributed by atoms with van der Waals surface area (Å²) in [7, 11) is 0. The molecule has 0 aliphatic heterocycles. The van der Waals surface area contributed by atoms with Crippen molar-refractivity contribution in [1.29, 1.82) is 0 Å². The summed E-state index contributed by atoms with van der Waals surface area (Å²) < 4.78 is 27.0. The lowest BCUT2D eigenvalue weighted by Gasteiger charge is -2.03. The van der Waals surface area contributed by atoms with Crippen molar-refractivity contribution in [3.8, 4) is 10.4 Å². The zero-order valence-electron chi connectivity index (χ0n) is 7.30. The Hall–Kier alpha value is -1.01. The Labute approximate surface area is 96.9 Å². The Morgan fingerprint density at radius 1 is 1.33 bits per heavy atom. The standard InChI is InChI=1S/C9H5BrF2N2S/c10-4-1-2-5(11)8(12)7(4)6-3-14-9(13)15-6/h1-3H,(H2,13,14). The predicted octanol–water partition coefficient (Wildman–Crippen LogP) is 3.43. The van der Waals surface area contributed by atoms with E-state index in [9.17, 15) is 8.78 Å². The highest BCUT2D eigenvalue weighted by molar-refractivity contribution is 9.10. The van der Waals surface area contributed by atoms with Crippen LogP contribution in [0.1, 0.15) is 0 Å². The van der Waals surface area contributed by atoms with Gasteiger partial charge < -0.3 is 5.73 Å². The molecule has 0 spiro atoms. The first kappa shape index (κ1) is 10.5. The molecule has 2 rings (SSSR count). The molecule has 0 fully saturated rings. The Morgan fingerprint density at radius 2 is 2.07 bits per heavy atom. The summed E-state index contributed by atoms with van der Waals surface area (Å²) in [6.45, 7) is 0. The Balaban J connectivity index is 2.66. The predicted molar refractivity (Wildman–Crippen MR) is 59.6 cm³/mol. The van der Waals surface area contributed by atoms with Crippen molar-refractivity contribution in [3.05, 3.63) is 34.4 Å². The van der Waals surface area contributed by atoms with Gasteiger partial charge in [-0.1, -0.05) is 27.3 Å². The molecule has 15 heavy (non-hydrogen) atoms. The van der Waals surface area contributed by atoms with Crippen molar-refractivity contribution >= 4 is 32.4 Å². The molecule has 1 aromatic heterocycles. The molecule has 0 aliphatic carbocycles. The van der Waals surface area contributed by atoms with E-state index in [2.05, 4.69) is 20.9 Å². The van der Waals surface area contributed by atoms with E-state index in [0.29, 0.717) is 14.5 Å². The van der Waals surface area contributed by atoms with Gasteiger partial charge in [-0.3, -0.25) is 0 Å². The van der Waals surface area contributed by atoms with Gasteiger partial charge in [-0.05, 0) is 12.1 Å².